The minimum absolute atomic E-state index is 0.0795. The number of carbonyl (C=O) groups excluding carboxylic acids is 2. The quantitative estimate of drug-likeness (QED) is 0.694. The largest absolute Gasteiger partial charge is 0.444 e. The molecule has 0 aliphatic carbocycles. The van der Waals surface area contributed by atoms with Gasteiger partial charge in [-0.3, -0.25) is 10.1 Å². The molecular weight excluding hydrogens is 379 g/mol. The number of carbonyl (C=O) groups is 2. The number of halogens is 1. The van der Waals surface area contributed by atoms with Crippen molar-refractivity contribution in [2.45, 2.75) is 65.4 Å². The number of anilines is 2. The van der Waals surface area contributed by atoms with E-state index in [4.69, 9.17) is 9.26 Å². The molecule has 2 rings (SSSR count). The zero-order chi connectivity index (χ0) is 21.6. The van der Waals surface area contributed by atoms with E-state index in [0.29, 0.717) is 30.2 Å². The standard InChI is InChI=1S/C20H27FN4O4/c1-12(2)18-24-17(29-25-18)8-6-7-16(26)22-13-9-10-14(21)15(11-13)23-19(27)28-20(3,4)5/h9-12H,6-8H2,1-5H3,(H,22,26)(H,23,27). The van der Waals surface area contributed by atoms with Gasteiger partial charge in [0.25, 0.3) is 0 Å². The number of benzene rings is 1. The molecule has 0 aliphatic heterocycles. The van der Waals surface area contributed by atoms with Gasteiger partial charge in [0.1, 0.15) is 11.4 Å². The minimum atomic E-state index is -0.778. The molecule has 0 saturated carbocycles. The Labute approximate surface area is 169 Å². The molecule has 0 radical (unpaired) electrons. The van der Waals surface area contributed by atoms with Crippen LogP contribution in [-0.4, -0.2) is 27.7 Å². The minimum Gasteiger partial charge on any atom is -0.444 e. The number of ether oxygens (including phenoxy) is 1. The first-order valence-corrected chi connectivity index (χ1v) is 9.45. The summed E-state index contributed by atoms with van der Waals surface area (Å²) in [6.07, 6.45) is 0.462. The Morgan fingerprint density at radius 1 is 1.24 bits per heavy atom. The van der Waals surface area contributed by atoms with Gasteiger partial charge >= 0.3 is 6.09 Å². The molecule has 2 N–H and O–H groups in total. The van der Waals surface area contributed by atoms with Crippen LogP contribution in [0.3, 0.4) is 0 Å². The molecule has 29 heavy (non-hydrogen) atoms. The smallest absolute Gasteiger partial charge is 0.412 e. The van der Waals surface area contributed by atoms with E-state index in [-0.39, 0.29) is 23.9 Å². The Kier molecular flexibility index (Phi) is 7.30. The molecule has 0 atom stereocenters. The second-order valence-electron chi connectivity index (χ2n) is 7.92. The van der Waals surface area contributed by atoms with Crippen molar-refractivity contribution in [1.82, 2.24) is 10.1 Å². The first-order chi connectivity index (χ1) is 13.5. The summed E-state index contributed by atoms with van der Waals surface area (Å²) < 4.78 is 24.2. The number of amides is 2. The van der Waals surface area contributed by atoms with Crippen LogP contribution >= 0.6 is 0 Å². The van der Waals surface area contributed by atoms with Gasteiger partial charge in [-0.25, -0.2) is 9.18 Å². The lowest BCUT2D eigenvalue weighted by Gasteiger charge is -2.20. The van der Waals surface area contributed by atoms with Crippen molar-refractivity contribution < 1.29 is 23.2 Å². The maximum atomic E-state index is 13.9. The summed E-state index contributed by atoms with van der Waals surface area (Å²) in [5.74, 6) is 0.431. The third-order valence-electron chi connectivity index (χ3n) is 3.68. The van der Waals surface area contributed by atoms with Crippen molar-refractivity contribution in [3.05, 3.63) is 35.7 Å². The number of aryl methyl sites for hydroxylation is 1. The highest BCUT2D eigenvalue weighted by atomic mass is 19.1. The average Bonchev–Trinajstić information content (AvgIpc) is 3.05. The van der Waals surface area contributed by atoms with E-state index in [1.807, 2.05) is 13.8 Å². The normalized spacial score (nSPS) is 11.4. The van der Waals surface area contributed by atoms with E-state index in [2.05, 4.69) is 20.8 Å². The van der Waals surface area contributed by atoms with Crippen molar-refractivity contribution in [2.75, 3.05) is 10.6 Å². The zero-order valence-corrected chi connectivity index (χ0v) is 17.3. The third kappa shape index (κ3) is 7.52. The Morgan fingerprint density at radius 3 is 2.59 bits per heavy atom. The summed E-state index contributed by atoms with van der Waals surface area (Å²) in [6, 6.07) is 3.92. The van der Waals surface area contributed by atoms with Crippen LogP contribution in [0.25, 0.3) is 0 Å². The van der Waals surface area contributed by atoms with E-state index < -0.39 is 17.5 Å². The summed E-state index contributed by atoms with van der Waals surface area (Å²) in [5.41, 5.74) is -0.424. The molecule has 8 nitrogen and oxygen atoms in total. The highest BCUT2D eigenvalue weighted by Crippen LogP contribution is 2.21. The molecule has 158 valence electrons. The van der Waals surface area contributed by atoms with Gasteiger partial charge in [0, 0.05) is 24.4 Å². The summed E-state index contributed by atoms with van der Waals surface area (Å²) in [7, 11) is 0. The van der Waals surface area contributed by atoms with Crippen LogP contribution in [0.4, 0.5) is 20.6 Å². The Balaban J connectivity index is 1.87. The number of nitrogens with one attached hydrogen (secondary N) is 2. The molecule has 2 aromatic rings. The van der Waals surface area contributed by atoms with Crippen molar-refractivity contribution >= 4 is 23.4 Å². The molecule has 0 fully saturated rings. The van der Waals surface area contributed by atoms with Crippen LogP contribution in [0, 0.1) is 5.82 Å². The van der Waals surface area contributed by atoms with Crippen LogP contribution in [0.5, 0.6) is 0 Å². The van der Waals surface area contributed by atoms with Gasteiger partial charge < -0.3 is 14.6 Å². The highest BCUT2D eigenvalue weighted by molar-refractivity contribution is 5.92. The molecule has 1 aromatic heterocycles. The number of hydrogen-bond acceptors (Lipinski definition) is 6. The van der Waals surface area contributed by atoms with Gasteiger partial charge in [0.15, 0.2) is 5.82 Å². The van der Waals surface area contributed by atoms with Crippen molar-refractivity contribution in [1.29, 1.82) is 0 Å². The van der Waals surface area contributed by atoms with Gasteiger partial charge in [-0.05, 0) is 45.4 Å². The van der Waals surface area contributed by atoms with Crippen LogP contribution in [-0.2, 0) is 16.0 Å². The molecular formula is C20H27FN4O4. The SMILES string of the molecule is CC(C)c1noc(CCCC(=O)Nc2ccc(F)c(NC(=O)OC(C)(C)C)c2)n1. The van der Waals surface area contributed by atoms with E-state index in [0.717, 1.165) is 6.07 Å². The van der Waals surface area contributed by atoms with Crippen molar-refractivity contribution in [3.8, 4) is 0 Å². The summed E-state index contributed by atoms with van der Waals surface area (Å²) >= 11 is 0. The molecule has 0 bridgehead atoms. The van der Waals surface area contributed by atoms with Gasteiger partial charge in [-0.15, -0.1) is 0 Å². The predicted molar refractivity (Wildman–Crippen MR) is 106 cm³/mol. The number of rotatable bonds is 7. The number of hydrogen-bond donors (Lipinski definition) is 2. The summed E-state index contributed by atoms with van der Waals surface area (Å²) in [4.78, 5) is 28.2. The fourth-order valence-electron chi connectivity index (χ4n) is 2.34. The van der Waals surface area contributed by atoms with Crippen LogP contribution in [0.1, 0.15) is 65.1 Å². The molecule has 1 heterocycles. The Bertz CT molecular complexity index is 858. The van der Waals surface area contributed by atoms with E-state index in [9.17, 15) is 14.0 Å². The molecule has 1 aromatic carbocycles. The molecule has 9 heteroatoms. The molecule has 0 spiro atoms. The van der Waals surface area contributed by atoms with Crippen molar-refractivity contribution in [2.24, 2.45) is 0 Å². The topological polar surface area (TPSA) is 106 Å². The second kappa shape index (κ2) is 9.49. The number of nitrogens with zero attached hydrogens (tertiary/aromatic N) is 2. The van der Waals surface area contributed by atoms with Crippen molar-refractivity contribution in [3.63, 3.8) is 0 Å². The van der Waals surface area contributed by atoms with Gasteiger partial charge in [-0.2, -0.15) is 4.98 Å². The molecule has 0 aliphatic rings. The zero-order valence-electron chi connectivity index (χ0n) is 17.3. The fourth-order valence-corrected chi connectivity index (χ4v) is 2.34. The Morgan fingerprint density at radius 2 is 1.97 bits per heavy atom. The molecule has 0 saturated heterocycles. The maximum Gasteiger partial charge on any atom is 0.412 e. The lowest BCUT2D eigenvalue weighted by Crippen LogP contribution is -2.27. The van der Waals surface area contributed by atoms with Crippen LogP contribution < -0.4 is 10.6 Å². The van der Waals surface area contributed by atoms with E-state index >= 15 is 0 Å². The number of aromatic nitrogens is 2. The fraction of sp³-hybridized carbons (Fsp3) is 0.500. The van der Waals surface area contributed by atoms with Gasteiger partial charge in [-0.1, -0.05) is 19.0 Å². The predicted octanol–water partition coefficient (Wildman–Crippen LogP) is 4.64. The lowest BCUT2D eigenvalue weighted by atomic mass is 10.2. The van der Waals surface area contributed by atoms with E-state index in [1.54, 1.807) is 20.8 Å². The lowest BCUT2D eigenvalue weighted by molar-refractivity contribution is -0.116. The van der Waals surface area contributed by atoms with Gasteiger partial charge in [0.05, 0.1) is 5.69 Å². The first kappa shape index (κ1) is 22.3. The summed E-state index contributed by atoms with van der Waals surface area (Å²) in [6.45, 7) is 9.06. The Hall–Kier alpha value is -2.97. The van der Waals surface area contributed by atoms with Gasteiger partial charge in [0.2, 0.25) is 11.8 Å². The highest BCUT2D eigenvalue weighted by Gasteiger charge is 2.18. The maximum absolute atomic E-state index is 13.9. The van der Waals surface area contributed by atoms with Crippen LogP contribution in [0.15, 0.2) is 22.7 Å². The monoisotopic (exact) mass is 406 g/mol. The molecule has 0 unspecified atom stereocenters. The summed E-state index contributed by atoms with van der Waals surface area (Å²) in [5, 5.41) is 8.90. The van der Waals surface area contributed by atoms with E-state index in [1.165, 1.54) is 12.1 Å². The third-order valence-corrected chi connectivity index (χ3v) is 3.68. The second-order valence-corrected chi connectivity index (χ2v) is 7.92. The van der Waals surface area contributed by atoms with Crippen LogP contribution in [0.2, 0.25) is 0 Å². The average molecular weight is 406 g/mol. The first-order valence-electron chi connectivity index (χ1n) is 9.45. The molecule has 2 amide bonds.